The van der Waals surface area contributed by atoms with Crippen molar-refractivity contribution in [3.05, 3.63) is 66.2 Å². The molecule has 0 bridgehead atoms. The standard InChI is InChI=1S/C16H15NO4S/c1-21-16(18)12-11-13-7-5-6-10-15(13)17-22(19,20)14-8-3-2-4-9-14/h2-12,17H,1H3. The fraction of sp³-hybridized carbons (Fsp3) is 0.0625. The molecule has 0 aliphatic rings. The summed E-state index contributed by atoms with van der Waals surface area (Å²) in [4.78, 5) is 11.3. The lowest BCUT2D eigenvalue weighted by Crippen LogP contribution is -2.13. The smallest absolute Gasteiger partial charge is 0.330 e. The SMILES string of the molecule is COC(=O)C=Cc1ccccc1NS(=O)(=O)c1ccccc1. The highest BCUT2D eigenvalue weighted by molar-refractivity contribution is 7.92. The average molecular weight is 317 g/mol. The van der Waals surface area contributed by atoms with Gasteiger partial charge in [-0.2, -0.15) is 0 Å². The molecule has 0 aliphatic carbocycles. The van der Waals surface area contributed by atoms with Crippen LogP contribution < -0.4 is 4.72 Å². The van der Waals surface area contributed by atoms with Crippen LogP contribution in [0.3, 0.4) is 0 Å². The van der Waals surface area contributed by atoms with Gasteiger partial charge in [-0.05, 0) is 29.8 Å². The fourth-order valence-corrected chi connectivity index (χ4v) is 2.87. The predicted octanol–water partition coefficient (Wildman–Crippen LogP) is 2.67. The van der Waals surface area contributed by atoms with Crippen molar-refractivity contribution in [2.45, 2.75) is 4.90 Å². The molecule has 22 heavy (non-hydrogen) atoms. The monoisotopic (exact) mass is 317 g/mol. The molecule has 2 rings (SSSR count). The number of sulfonamides is 1. The zero-order chi connectivity index (χ0) is 16.0. The third kappa shape index (κ3) is 3.95. The molecule has 0 aromatic heterocycles. The third-order valence-corrected chi connectivity index (χ3v) is 4.24. The van der Waals surface area contributed by atoms with Gasteiger partial charge in [-0.25, -0.2) is 13.2 Å². The summed E-state index contributed by atoms with van der Waals surface area (Å²) in [6.45, 7) is 0. The highest BCUT2D eigenvalue weighted by atomic mass is 32.2. The third-order valence-electron chi connectivity index (χ3n) is 2.86. The minimum atomic E-state index is -3.68. The first-order valence-electron chi connectivity index (χ1n) is 6.46. The summed E-state index contributed by atoms with van der Waals surface area (Å²) < 4.78 is 31.7. The van der Waals surface area contributed by atoms with E-state index in [1.807, 2.05) is 0 Å². The Kier molecular flexibility index (Phi) is 4.95. The topological polar surface area (TPSA) is 72.5 Å². The first kappa shape index (κ1) is 15.8. The summed E-state index contributed by atoms with van der Waals surface area (Å²) in [7, 11) is -2.41. The predicted molar refractivity (Wildman–Crippen MR) is 84.7 cm³/mol. The quantitative estimate of drug-likeness (QED) is 0.680. The molecular formula is C16H15NO4S. The van der Waals surface area contributed by atoms with Gasteiger partial charge >= 0.3 is 5.97 Å². The fourth-order valence-electron chi connectivity index (χ4n) is 1.76. The number of ether oxygens (including phenoxy) is 1. The molecular weight excluding hydrogens is 302 g/mol. The number of para-hydroxylation sites is 1. The van der Waals surface area contributed by atoms with E-state index in [-0.39, 0.29) is 4.90 Å². The van der Waals surface area contributed by atoms with Gasteiger partial charge in [0.05, 0.1) is 17.7 Å². The maximum atomic E-state index is 12.3. The van der Waals surface area contributed by atoms with Gasteiger partial charge in [0.1, 0.15) is 0 Å². The van der Waals surface area contributed by atoms with E-state index in [0.29, 0.717) is 11.3 Å². The molecule has 6 heteroatoms. The molecule has 2 aromatic rings. The Morgan fingerprint density at radius 3 is 2.36 bits per heavy atom. The Balaban J connectivity index is 2.31. The lowest BCUT2D eigenvalue weighted by molar-refractivity contribution is -0.134. The van der Waals surface area contributed by atoms with E-state index >= 15 is 0 Å². The van der Waals surface area contributed by atoms with E-state index in [1.54, 1.807) is 42.5 Å². The number of methoxy groups -OCH3 is 1. The van der Waals surface area contributed by atoms with Crippen LogP contribution in [0.1, 0.15) is 5.56 Å². The molecule has 0 aliphatic heterocycles. The van der Waals surface area contributed by atoms with Crippen LogP contribution in [0, 0.1) is 0 Å². The van der Waals surface area contributed by atoms with E-state index in [9.17, 15) is 13.2 Å². The summed E-state index contributed by atoms with van der Waals surface area (Å²) in [5.74, 6) is -0.513. The summed E-state index contributed by atoms with van der Waals surface area (Å²) in [6.07, 6.45) is 2.73. The number of hydrogen-bond donors (Lipinski definition) is 1. The van der Waals surface area contributed by atoms with E-state index in [4.69, 9.17) is 0 Å². The van der Waals surface area contributed by atoms with Crippen LogP contribution in [0.2, 0.25) is 0 Å². The minimum absolute atomic E-state index is 0.168. The maximum absolute atomic E-state index is 12.3. The number of esters is 1. The molecule has 1 N–H and O–H groups in total. The number of rotatable bonds is 5. The summed E-state index contributed by atoms with van der Waals surface area (Å²) in [5.41, 5.74) is 0.943. The Bertz CT molecular complexity index is 783. The number of anilines is 1. The van der Waals surface area contributed by atoms with Gasteiger partial charge in [-0.15, -0.1) is 0 Å². The zero-order valence-corrected chi connectivity index (χ0v) is 12.7. The Hall–Kier alpha value is -2.60. The van der Waals surface area contributed by atoms with E-state index in [1.165, 1.54) is 31.4 Å². The van der Waals surface area contributed by atoms with Gasteiger partial charge in [-0.3, -0.25) is 4.72 Å². The number of carbonyl (C=O) groups is 1. The molecule has 114 valence electrons. The lowest BCUT2D eigenvalue weighted by Gasteiger charge is -2.10. The molecule has 0 saturated heterocycles. The molecule has 2 aromatic carbocycles. The molecule has 0 saturated carbocycles. The van der Waals surface area contributed by atoms with Crippen LogP contribution in [0.4, 0.5) is 5.69 Å². The lowest BCUT2D eigenvalue weighted by atomic mass is 10.2. The highest BCUT2D eigenvalue weighted by Gasteiger charge is 2.14. The van der Waals surface area contributed by atoms with Gasteiger partial charge in [0.2, 0.25) is 0 Å². The van der Waals surface area contributed by atoms with Crippen LogP contribution in [0.5, 0.6) is 0 Å². The van der Waals surface area contributed by atoms with Crippen molar-refractivity contribution in [1.29, 1.82) is 0 Å². The van der Waals surface area contributed by atoms with Crippen LogP contribution in [-0.2, 0) is 19.6 Å². The van der Waals surface area contributed by atoms with Gasteiger partial charge in [0, 0.05) is 6.08 Å². The first-order valence-corrected chi connectivity index (χ1v) is 7.94. The van der Waals surface area contributed by atoms with Crippen molar-refractivity contribution in [2.24, 2.45) is 0 Å². The van der Waals surface area contributed by atoms with Crippen molar-refractivity contribution >= 4 is 27.8 Å². The van der Waals surface area contributed by atoms with Crippen molar-refractivity contribution in [3.63, 3.8) is 0 Å². The van der Waals surface area contributed by atoms with Crippen LogP contribution in [-0.4, -0.2) is 21.5 Å². The number of nitrogens with one attached hydrogen (secondary N) is 1. The van der Waals surface area contributed by atoms with Gasteiger partial charge < -0.3 is 4.74 Å². The first-order chi connectivity index (χ1) is 10.5. The molecule has 0 radical (unpaired) electrons. The van der Waals surface area contributed by atoms with Crippen LogP contribution >= 0.6 is 0 Å². The molecule has 0 atom stereocenters. The molecule has 0 spiro atoms. The largest absolute Gasteiger partial charge is 0.466 e. The minimum Gasteiger partial charge on any atom is -0.466 e. The van der Waals surface area contributed by atoms with E-state index in [0.717, 1.165) is 0 Å². The Labute approximate surface area is 129 Å². The van der Waals surface area contributed by atoms with E-state index in [2.05, 4.69) is 9.46 Å². The summed E-state index contributed by atoms with van der Waals surface area (Å²) in [5, 5.41) is 0. The molecule has 5 nitrogen and oxygen atoms in total. The van der Waals surface area contributed by atoms with E-state index < -0.39 is 16.0 Å². The van der Waals surface area contributed by atoms with Crippen molar-refractivity contribution in [2.75, 3.05) is 11.8 Å². The number of carbonyl (C=O) groups excluding carboxylic acids is 1. The second-order valence-corrected chi connectivity index (χ2v) is 6.04. The van der Waals surface area contributed by atoms with Gasteiger partial charge in [0.25, 0.3) is 10.0 Å². The normalized spacial score (nSPS) is 11.3. The zero-order valence-electron chi connectivity index (χ0n) is 11.9. The molecule has 0 amide bonds. The van der Waals surface area contributed by atoms with Crippen molar-refractivity contribution in [3.8, 4) is 0 Å². The van der Waals surface area contributed by atoms with Gasteiger partial charge in [-0.1, -0.05) is 36.4 Å². The summed E-state index contributed by atoms with van der Waals surface area (Å²) in [6, 6.07) is 14.8. The van der Waals surface area contributed by atoms with Gasteiger partial charge in [0.15, 0.2) is 0 Å². The Morgan fingerprint density at radius 2 is 1.68 bits per heavy atom. The second kappa shape index (κ2) is 6.91. The molecule has 0 fully saturated rings. The number of hydrogen-bond acceptors (Lipinski definition) is 4. The molecule has 0 heterocycles. The number of benzene rings is 2. The summed E-state index contributed by atoms with van der Waals surface area (Å²) >= 11 is 0. The van der Waals surface area contributed by atoms with Crippen LogP contribution in [0.15, 0.2) is 65.6 Å². The molecule has 0 unspecified atom stereocenters. The highest BCUT2D eigenvalue weighted by Crippen LogP contribution is 2.21. The van der Waals surface area contributed by atoms with Crippen molar-refractivity contribution < 1.29 is 17.9 Å². The average Bonchev–Trinajstić information content (AvgIpc) is 2.54. The Morgan fingerprint density at radius 1 is 1.05 bits per heavy atom. The van der Waals surface area contributed by atoms with Crippen molar-refractivity contribution in [1.82, 2.24) is 0 Å². The van der Waals surface area contributed by atoms with Crippen LogP contribution in [0.25, 0.3) is 6.08 Å². The second-order valence-electron chi connectivity index (χ2n) is 4.36. The maximum Gasteiger partial charge on any atom is 0.330 e.